The first-order valence-electron chi connectivity index (χ1n) is 6.60. The van der Waals surface area contributed by atoms with Crippen LogP contribution in [0.25, 0.3) is 0 Å². The van der Waals surface area contributed by atoms with Gasteiger partial charge in [-0.3, -0.25) is 19.7 Å². The van der Waals surface area contributed by atoms with Crippen LogP contribution in [0, 0.1) is 10.1 Å². The van der Waals surface area contributed by atoms with E-state index >= 15 is 0 Å². The molecule has 0 fully saturated rings. The monoisotopic (exact) mass is 390 g/mol. The van der Waals surface area contributed by atoms with Crippen molar-refractivity contribution in [1.82, 2.24) is 5.43 Å². The second-order valence-corrected chi connectivity index (χ2v) is 5.43. The number of nitro groups is 1. The zero-order chi connectivity index (χ0) is 17.5. The molecule has 8 nitrogen and oxygen atoms in total. The quantitative estimate of drug-likeness (QED) is 0.361. The Bertz CT molecular complexity index is 805. The molecular formula is C15H11BrN4O4. The van der Waals surface area contributed by atoms with Gasteiger partial charge in [0.15, 0.2) is 0 Å². The second-order valence-electron chi connectivity index (χ2n) is 4.51. The van der Waals surface area contributed by atoms with Crippen molar-refractivity contribution in [2.75, 3.05) is 5.32 Å². The van der Waals surface area contributed by atoms with E-state index in [0.717, 1.165) is 10.0 Å². The number of benzene rings is 2. The number of halogens is 1. The maximum atomic E-state index is 11.7. The molecule has 9 heteroatoms. The van der Waals surface area contributed by atoms with E-state index in [1.807, 2.05) is 6.07 Å². The van der Waals surface area contributed by atoms with Crippen LogP contribution in [0.5, 0.6) is 0 Å². The number of anilines is 1. The van der Waals surface area contributed by atoms with E-state index in [1.54, 1.807) is 18.2 Å². The highest BCUT2D eigenvalue weighted by atomic mass is 79.9. The number of nitro benzene ring substituents is 1. The molecule has 0 atom stereocenters. The fraction of sp³-hybridized carbons (Fsp3) is 0. The van der Waals surface area contributed by atoms with Crippen molar-refractivity contribution in [3.8, 4) is 0 Å². The van der Waals surface area contributed by atoms with Gasteiger partial charge in [0, 0.05) is 22.3 Å². The van der Waals surface area contributed by atoms with Crippen molar-refractivity contribution in [2.45, 2.75) is 0 Å². The van der Waals surface area contributed by atoms with Crippen LogP contribution in [-0.2, 0) is 9.59 Å². The Kier molecular flexibility index (Phi) is 5.74. The summed E-state index contributed by atoms with van der Waals surface area (Å²) >= 11 is 3.30. The van der Waals surface area contributed by atoms with Crippen LogP contribution < -0.4 is 10.7 Å². The number of rotatable bonds is 4. The van der Waals surface area contributed by atoms with Gasteiger partial charge < -0.3 is 5.32 Å². The average molecular weight is 391 g/mol. The highest BCUT2D eigenvalue weighted by molar-refractivity contribution is 9.10. The van der Waals surface area contributed by atoms with Crippen LogP contribution in [0.3, 0.4) is 0 Å². The number of amides is 2. The van der Waals surface area contributed by atoms with E-state index in [0.29, 0.717) is 0 Å². The number of hydrazone groups is 1. The third-order valence-corrected chi connectivity index (χ3v) is 3.26. The summed E-state index contributed by atoms with van der Waals surface area (Å²) in [6.45, 7) is 0. The van der Waals surface area contributed by atoms with E-state index in [-0.39, 0.29) is 11.4 Å². The minimum atomic E-state index is -0.959. The molecule has 0 radical (unpaired) electrons. The van der Waals surface area contributed by atoms with E-state index in [2.05, 4.69) is 31.8 Å². The molecule has 0 bridgehead atoms. The zero-order valence-corrected chi connectivity index (χ0v) is 13.7. The molecular weight excluding hydrogens is 380 g/mol. The summed E-state index contributed by atoms with van der Waals surface area (Å²) in [6.07, 6.45) is 1.39. The number of hydrogen-bond acceptors (Lipinski definition) is 5. The number of nitrogens with zero attached hydrogens (tertiary/aromatic N) is 2. The molecule has 122 valence electrons. The standard InChI is InChI=1S/C15H11BrN4O4/c16-11-3-1-2-10(8-11)9-17-19-15(22)14(21)18-12-4-6-13(7-5-12)20(23)24/h1-9H,(H,18,21)(H,19,22)/b17-9-. The van der Waals surface area contributed by atoms with E-state index in [9.17, 15) is 19.7 Å². The molecule has 24 heavy (non-hydrogen) atoms. The van der Waals surface area contributed by atoms with Crippen molar-refractivity contribution in [2.24, 2.45) is 5.10 Å². The summed E-state index contributed by atoms with van der Waals surface area (Å²) in [6, 6.07) is 12.3. The van der Waals surface area contributed by atoms with Crippen molar-refractivity contribution >= 4 is 45.3 Å². The molecule has 0 saturated heterocycles. The Balaban J connectivity index is 1.90. The lowest BCUT2D eigenvalue weighted by Crippen LogP contribution is -2.32. The van der Waals surface area contributed by atoms with Gasteiger partial charge in [0.1, 0.15) is 0 Å². The predicted octanol–water partition coefficient (Wildman–Crippen LogP) is 2.45. The van der Waals surface area contributed by atoms with E-state index in [4.69, 9.17) is 0 Å². The summed E-state index contributed by atoms with van der Waals surface area (Å²) in [4.78, 5) is 33.3. The summed E-state index contributed by atoms with van der Waals surface area (Å²) in [5.41, 5.74) is 2.98. The van der Waals surface area contributed by atoms with Gasteiger partial charge in [-0.05, 0) is 29.8 Å². The van der Waals surface area contributed by atoms with Gasteiger partial charge in [0.25, 0.3) is 5.69 Å². The van der Waals surface area contributed by atoms with E-state index < -0.39 is 16.7 Å². The average Bonchev–Trinajstić information content (AvgIpc) is 2.55. The van der Waals surface area contributed by atoms with Crippen molar-refractivity contribution in [3.05, 3.63) is 68.7 Å². The highest BCUT2D eigenvalue weighted by Gasteiger charge is 2.13. The number of carbonyl (C=O) groups excluding carboxylic acids is 2. The normalized spacial score (nSPS) is 10.4. The molecule has 2 aromatic carbocycles. The van der Waals surface area contributed by atoms with Crippen LogP contribution in [-0.4, -0.2) is 23.0 Å². The summed E-state index contributed by atoms with van der Waals surface area (Å²) in [5, 5.41) is 16.5. The van der Waals surface area contributed by atoms with Crippen molar-refractivity contribution in [3.63, 3.8) is 0 Å². The van der Waals surface area contributed by atoms with Gasteiger partial charge >= 0.3 is 11.8 Å². The number of non-ortho nitro benzene ring substituents is 1. The Morgan fingerprint density at radius 3 is 2.46 bits per heavy atom. The van der Waals surface area contributed by atoms with E-state index in [1.165, 1.54) is 30.5 Å². The Hall–Kier alpha value is -3.07. The molecule has 0 aliphatic carbocycles. The Morgan fingerprint density at radius 1 is 1.12 bits per heavy atom. The topological polar surface area (TPSA) is 114 Å². The summed E-state index contributed by atoms with van der Waals surface area (Å²) in [5.74, 6) is -1.89. The molecule has 0 aliphatic rings. The molecule has 0 aromatic heterocycles. The fourth-order valence-electron chi connectivity index (χ4n) is 1.66. The van der Waals surface area contributed by atoms with Crippen molar-refractivity contribution in [1.29, 1.82) is 0 Å². The molecule has 2 rings (SSSR count). The third kappa shape index (κ3) is 4.99. The molecule has 2 amide bonds. The minimum Gasteiger partial charge on any atom is -0.318 e. The second kappa shape index (κ2) is 7.97. The van der Waals surface area contributed by atoms with Gasteiger partial charge in [0.2, 0.25) is 0 Å². The van der Waals surface area contributed by atoms with Gasteiger partial charge in [-0.15, -0.1) is 0 Å². The number of nitrogens with one attached hydrogen (secondary N) is 2. The summed E-state index contributed by atoms with van der Waals surface area (Å²) < 4.78 is 0.855. The molecule has 0 aliphatic heterocycles. The first-order chi connectivity index (χ1) is 11.5. The van der Waals surface area contributed by atoms with Gasteiger partial charge in [-0.2, -0.15) is 5.10 Å². The number of hydrogen-bond donors (Lipinski definition) is 2. The Morgan fingerprint density at radius 2 is 1.83 bits per heavy atom. The lowest BCUT2D eigenvalue weighted by atomic mass is 10.2. The fourth-order valence-corrected chi connectivity index (χ4v) is 2.07. The summed E-state index contributed by atoms with van der Waals surface area (Å²) in [7, 11) is 0. The van der Waals surface area contributed by atoms with Crippen LogP contribution in [0.15, 0.2) is 58.1 Å². The lowest BCUT2D eigenvalue weighted by Gasteiger charge is -2.03. The molecule has 0 saturated carbocycles. The van der Waals surface area contributed by atoms with Crippen LogP contribution in [0.1, 0.15) is 5.56 Å². The smallest absolute Gasteiger partial charge is 0.318 e. The first-order valence-corrected chi connectivity index (χ1v) is 7.39. The maximum Gasteiger partial charge on any atom is 0.329 e. The first kappa shape index (κ1) is 17.3. The molecule has 0 heterocycles. The molecule has 2 aromatic rings. The predicted molar refractivity (Wildman–Crippen MR) is 91.6 cm³/mol. The van der Waals surface area contributed by atoms with Crippen LogP contribution in [0.4, 0.5) is 11.4 Å². The zero-order valence-electron chi connectivity index (χ0n) is 12.1. The third-order valence-electron chi connectivity index (χ3n) is 2.77. The number of carbonyl (C=O) groups is 2. The molecule has 2 N–H and O–H groups in total. The molecule has 0 spiro atoms. The molecule has 0 unspecified atom stereocenters. The largest absolute Gasteiger partial charge is 0.329 e. The van der Waals surface area contributed by atoms with Gasteiger partial charge in [-0.1, -0.05) is 28.1 Å². The Labute approximate surface area is 144 Å². The highest BCUT2D eigenvalue weighted by Crippen LogP contribution is 2.15. The van der Waals surface area contributed by atoms with Gasteiger partial charge in [0.05, 0.1) is 11.1 Å². The van der Waals surface area contributed by atoms with Crippen LogP contribution in [0.2, 0.25) is 0 Å². The lowest BCUT2D eigenvalue weighted by molar-refractivity contribution is -0.384. The minimum absolute atomic E-state index is 0.115. The van der Waals surface area contributed by atoms with Gasteiger partial charge in [-0.25, -0.2) is 5.43 Å². The van der Waals surface area contributed by atoms with Crippen LogP contribution >= 0.6 is 15.9 Å². The maximum absolute atomic E-state index is 11.7. The SMILES string of the molecule is O=C(N/N=C\c1cccc(Br)c1)C(=O)Nc1ccc([N+](=O)[O-])cc1. The van der Waals surface area contributed by atoms with Crippen molar-refractivity contribution < 1.29 is 14.5 Å².